The van der Waals surface area contributed by atoms with Gasteiger partial charge < -0.3 is 14.8 Å². The van der Waals surface area contributed by atoms with Gasteiger partial charge in [-0.3, -0.25) is 14.6 Å². The van der Waals surface area contributed by atoms with Gasteiger partial charge in [0.2, 0.25) is 0 Å². The van der Waals surface area contributed by atoms with Gasteiger partial charge in [0.25, 0.3) is 5.91 Å². The van der Waals surface area contributed by atoms with E-state index in [0.29, 0.717) is 27.8 Å². The van der Waals surface area contributed by atoms with E-state index in [2.05, 4.69) is 10.3 Å². The van der Waals surface area contributed by atoms with Crippen molar-refractivity contribution in [3.63, 3.8) is 0 Å². The minimum absolute atomic E-state index is 0.0723. The number of para-hydroxylation sites is 1. The highest BCUT2D eigenvalue weighted by Crippen LogP contribution is 2.20. The Balaban J connectivity index is 1.59. The summed E-state index contributed by atoms with van der Waals surface area (Å²) < 4.78 is 24.1. The number of aromatic nitrogens is 1. The quantitative estimate of drug-likeness (QED) is 0.677. The van der Waals surface area contributed by atoms with Crippen LogP contribution >= 0.6 is 0 Å². The van der Waals surface area contributed by atoms with E-state index in [4.69, 9.17) is 9.47 Å². The maximum Gasteiger partial charge on any atom is 0.325 e. The molecule has 0 aliphatic carbocycles. The van der Waals surface area contributed by atoms with E-state index >= 15 is 0 Å². The summed E-state index contributed by atoms with van der Waals surface area (Å²) in [6, 6.07) is 12.7. The van der Waals surface area contributed by atoms with Crippen LogP contribution in [0.4, 0.5) is 4.39 Å². The molecule has 1 aromatic heterocycles. The van der Waals surface area contributed by atoms with Crippen molar-refractivity contribution in [1.82, 2.24) is 10.3 Å². The maximum atomic E-state index is 13.8. The van der Waals surface area contributed by atoms with Gasteiger partial charge in [0.05, 0.1) is 18.2 Å². The number of methoxy groups -OCH3 is 1. The molecular formula is C20H17FN2O4. The van der Waals surface area contributed by atoms with Crippen molar-refractivity contribution in [2.24, 2.45) is 0 Å². The van der Waals surface area contributed by atoms with Crippen molar-refractivity contribution >= 4 is 22.8 Å². The standard InChI is InChI=1S/C20H17FN2O4/c1-26-17-7-3-2-5-15(17)20(25)23-11-18(24)27-12-13-8-9-16(21)14-6-4-10-22-19(13)14/h2-10H,11-12H2,1H3,(H,23,25). The SMILES string of the molecule is COc1ccccc1C(=O)NCC(=O)OCc1ccc(F)c2cccnc12. The summed E-state index contributed by atoms with van der Waals surface area (Å²) in [5, 5.41) is 2.84. The molecule has 0 radical (unpaired) electrons. The first-order valence-corrected chi connectivity index (χ1v) is 8.19. The predicted octanol–water partition coefficient (Wildman–Crippen LogP) is 2.86. The normalized spacial score (nSPS) is 10.4. The molecule has 1 amide bonds. The van der Waals surface area contributed by atoms with Crippen LogP contribution in [0.15, 0.2) is 54.7 Å². The molecule has 0 spiro atoms. The van der Waals surface area contributed by atoms with Gasteiger partial charge >= 0.3 is 5.97 Å². The number of pyridine rings is 1. The van der Waals surface area contributed by atoms with Crippen LogP contribution in [-0.2, 0) is 16.1 Å². The van der Waals surface area contributed by atoms with Gasteiger partial charge in [-0.05, 0) is 30.3 Å². The molecule has 0 unspecified atom stereocenters. The highest BCUT2D eigenvalue weighted by molar-refractivity contribution is 5.98. The monoisotopic (exact) mass is 368 g/mol. The third-order valence-electron chi connectivity index (χ3n) is 3.93. The van der Waals surface area contributed by atoms with Crippen LogP contribution < -0.4 is 10.1 Å². The third-order valence-corrected chi connectivity index (χ3v) is 3.93. The maximum absolute atomic E-state index is 13.8. The number of amides is 1. The molecule has 2 aromatic carbocycles. The average Bonchev–Trinajstić information content (AvgIpc) is 2.71. The predicted molar refractivity (Wildman–Crippen MR) is 96.8 cm³/mol. The number of hydrogen-bond acceptors (Lipinski definition) is 5. The highest BCUT2D eigenvalue weighted by Gasteiger charge is 2.14. The van der Waals surface area contributed by atoms with E-state index in [9.17, 15) is 14.0 Å². The second-order valence-electron chi connectivity index (χ2n) is 5.65. The molecule has 0 atom stereocenters. The number of fused-ring (bicyclic) bond motifs is 1. The molecule has 0 aliphatic rings. The summed E-state index contributed by atoms with van der Waals surface area (Å²) in [6.07, 6.45) is 1.54. The summed E-state index contributed by atoms with van der Waals surface area (Å²) in [5.74, 6) is -1.05. The van der Waals surface area contributed by atoms with Gasteiger partial charge in [0, 0.05) is 17.1 Å². The fourth-order valence-corrected chi connectivity index (χ4v) is 2.60. The topological polar surface area (TPSA) is 77.5 Å². The molecule has 0 saturated carbocycles. The highest BCUT2D eigenvalue weighted by atomic mass is 19.1. The van der Waals surface area contributed by atoms with Gasteiger partial charge in [-0.15, -0.1) is 0 Å². The first-order valence-electron chi connectivity index (χ1n) is 8.19. The summed E-state index contributed by atoms with van der Waals surface area (Å²) in [4.78, 5) is 28.2. The molecule has 7 heteroatoms. The van der Waals surface area contributed by atoms with Crippen molar-refractivity contribution in [3.8, 4) is 5.75 Å². The fourth-order valence-electron chi connectivity index (χ4n) is 2.60. The number of benzene rings is 2. The summed E-state index contributed by atoms with van der Waals surface area (Å²) >= 11 is 0. The second kappa shape index (κ2) is 8.27. The van der Waals surface area contributed by atoms with Crippen LogP contribution in [0.5, 0.6) is 5.75 Å². The zero-order chi connectivity index (χ0) is 19.2. The Labute approximate surface area is 154 Å². The zero-order valence-corrected chi connectivity index (χ0v) is 14.6. The number of nitrogens with one attached hydrogen (secondary N) is 1. The van der Waals surface area contributed by atoms with E-state index in [0.717, 1.165) is 0 Å². The molecule has 0 fully saturated rings. The van der Waals surface area contributed by atoms with E-state index in [1.54, 1.807) is 42.6 Å². The second-order valence-corrected chi connectivity index (χ2v) is 5.65. The van der Waals surface area contributed by atoms with E-state index in [1.165, 1.54) is 19.2 Å². The van der Waals surface area contributed by atoms with E-state index < -0.39 is 17.7 Å². The Kier molecular flexibility index (Phi) is 5.61. The lowest BCUT2D eigenvalue weighted by molar-refractivity contribution is -0.143. The Morgan fingerprint density at radius 2 is 1.93 bits per heavy atom. The molecule has 6 nitrogen and oxygen atoms in total. The summed E-state index contributed by atoms with van der Waals surface area (Å²) in [5.41, 5.74) is 1.33. The number of nitrogens with zero attached hydrogens (tertiary/aromatic N) is 1. The van der Waals surface area contributed by atoms with Crippen LogP contribution in [0.1, 0.15) is 15.9 Å². The molecule has 138 valence electrons. The molecular weight excluding hydrogens is 351 g/mol. The van der Waals surface area contributed by atoms with E-state index in [-0.39, 0.29) is 13.2 Å². The van der Waals surface area contributed by atoms with Crippen molar-refractivity contribution < 1.29 is 23.5 Å². The van der Waals surface area contributed by atoms with Crippen LogP contribution in [0.3, 0.4) is 0 Å². The van der Waals surface area contributed by atoms with Crippen LogP contribution in [-0.4, -0.2) is 30.5 Å². The molecule has 1 N–H and O–H groups in total. The molecule has 0 bridgehead atoms. The number of rotatable bonds is 6. The Morgan fingerprint density at radius 3 is 2.74 bits per heavy atom. The average molecular weight is 368 g/mol. The molecule has 3 rings (SSSR count). The molecule has 27 heavy (non-hydrogen) atoms. The molecule has 1 heterocycles. The van der Waals surface area contributed by atoms with Crippen molar-refractivity contribution in [1.29, 1.82) is 0 Å². The Morgan fingerprint density at radius 1 is 1.11 bits per heavy atom. The molecule has 0 saturated heterocycles. The first-order chi connectivity index (χ1) is 13.1. The fraction of sp³-hybridized carbons (Fsp3) is 0.150. The number of esters is 1. The number of hydrogen-bond donors (Lipinski definition) is 1. The first kappa shape index (κ1) is 18.3. The van der Waals surface area contributed by atoms with Gasteiger partial charge in [-0.25, -0.2) is 4.39 Å². The number of carbonyl (C=O) groups is 2. The van der Waals surface area contributed by atoms with Crippen LogP contribution in [0.25, 0.3) is 10.9 Å². The summed E-state index contributed by atoms with van der Waals surface area (Å²) in [7, 11) is 1.46. The number of carbonyl (C=O) groups excluding carboxylic acids is 2. The minimum Gasteiger partial charge on any atom is -0.496 e. The largest absolute Gasteiger partial charge is 0.496 e. The van der Waals surface area contributed by atoms with Crippen molar-refractivity contribution in [2.75, 3.05) is 13.7 Å². The lowest BCUT2D eigenvalue weighted by Crippen LogP contribution is -2.30. The number of halogens is 1. The minimum atomic E-state index is -0.619. The lowest BCUT2D eigenvalue weighted by atomic mass is 10.1. The van der Waals surface area contributed by atoms with E-state index in [1.807, 2.05) is 0 Å². The number of ether oxygens (including phenoxy) is 2. The van der Waals surface area contributed by atoms with Gasteiger partial charge in [0.1, 0.15) is 24.7 Å². The van der Waals surface area contributed by atoms with Gasteiger partial charge in [-0.2, -0.15) is 0 Å². The third kappa shape index (κ3) is 4.20. The van der Waals surface area contributed by atoms with Gasteiger partial charge in [0.15, 0.2) is 0 Å². The zero-order valence-electron chi connectivity index (χ0n) is 14.6. The lowest BCUT2D eigenvalue weighted by Gasteiger charge is -2.10. The van der Waals surface area contributed by atoms with Gasteiger partial charge in [-0.1, -0.05) is 18.2 Å². The molecule has 3 aromatic rings. The molecule has 0 aliphatic heterocycles. The summed E-state index contributed by atoms with van der Waals surface area (Å²) in [6.45, 7) is -0.374. The van der Waals surface area contributed by atoms with Crippen molar-refractivity contribution in [3.05, 3.63) is 71.7 Å². The van der Waals surface area contributed by atoms with Crippen LogP contribution in [0, 0.1) is 5.82 Å². The Bertz CT molecular complexity index is 991. The van der Waals surface area contributed by atoms with Crippen molar-refractivity contribution in [2.45, 2.75) is 6.61 Å². The smallest absolute Gasteiger partial charge is 0.325 e. The van der Waals surface area contributed by atoms with Crippen LogP contribution in [0.2, 0.25) is 0 Å². The Hall–Kier alpha value is -3.48.